The molecule has 3 nitrogen and oxygen atoms in total. The van der Waals surface area contributed by atoms with Crippen molar-refractivity contribution in [1.82, 2.24) is 5.32 Å². The lowest BCUT2D eigenvalue weighted by atomic mass is 9.98. The van der Waals surface area contributed by atoms with Crippen LogP contribution in [-0.2, 0) is 4.79 Å². The van der Waals surface area contributed by atoms with Crippen LogP contribution in [0.4, 0.5) is 10.1 Å². The topological polar surface area (TPSA) is 41.1 Å². The fourth-order valence-electron chi connectivity index (χ4n) is 2.86. The average Bonchev–Trinajstić information content (AvgIpc) is 3.29. The van der Waals surface area contributed by atoms with Gasteiger partial charge in [0.15, 0.2) is 0 Å². The van der Waals surface area contributed by atoms with Crippen LogP contribution in [-0.4, -0.2) is 19.0 Å². The lowest BCUT2D eigenvalue weighted by Crippen LogP contribution is -2.33. The maximum atomic E-state index is 12.8. The van der Waals surface area contributed by atoms with E-state index in [-0.39, 0.29) is 11.7 Å². The monoisotopic (exact) mass is 276 g/mol. The average molecular weight is 276 g/mol. The van der Waals surface area contributed by atoms with Crippen molar-refractivity contribution in [2.24, 2.45) is 17.8 Å². The van der Waals surface area contributed by atoms with E-state index < -0.39 is 0 Å². The van der Waals surface area contributed by atoms with Gasteiger partial charge in [-0.3, -0.25) is 4.79 Å². The van der Waals surface area contributed by atoms with Gasteiger partial charge < -0.3 is 10.6 Å². The van der Waals surface area contributed by atoms with E-state index in [4.69, 9.17) is 0 Å². The molecule has 1 amide bonds. The first-order valence-electron chi connectivity index (χ1n) is 7.48. The van der Waals surface area contributed by atoms with E-state index in [9.17, 15) is 9.18 Å². The van der Waals surface area contributed by atoms with Gasteiger partial charge in [-0.25, -0.2) is 4.39 Å². The highest BCUT2D eigenvalue weighted by Crippen LogP contribution is 2.48. The summed E-state index contributed by atoms with van der Waals surface area (Å²) in [5.41, 5.74) is 0.638. The molecule has 1 aromatic rings. The van der Waals surface area contributed by atoms with E-state index in [2.05, 4.69) is 10.6 Å². The molecule has 0 spiro atoms. The summed E-state index contributed by atoms with van der Waals surface area (Å²) in [6.07, 6.45) is 5.46. The van der Waals surface area contributed by atoms with Crippen molar-refractivity contribution < 1.29 is 9.18 Å². The summed E-state index contributed by atoms with van der Waals surface area (Å²) in [7, 11) is 0. The van der Waals surface area contributed by atoms with Crippen molar-refractivity contribution in [3.63, 3.8) is 0 Å². The highest BCUT2D eigenvalue weighted by Gasteiger charge is 2.40. The third kappa shape index (κ3) is 3.79. The first-order valence-corrected chi connectivity index (χ1v) is 7.48. The molecule has 20 heavy (non-hydrogen) atoms. The van der Waals surface area contributed by atoms with Crippen LogP contribution in [0.15, 0.2) is 24.3 Å². The summed E-state index contributed by atoms with van der Waals surface area (Å²) in [6.45, 7) is 1.28. The lowest BCUT2D eigenvalue weighted by molar-refractivity contribution is -0.115. The Labute approximate surface area is 118 Å². The lowest BCUT2D eigenvalue weighted by Gasteiger charge is -2.16. The molecule has 0 bridgehead atoms. The smallest absolute Gasteiger partial charge is 0.238 e. The highest BCUT2D eigenvalue weighted by atomic mass is 19.1. The molecule has 0 saturated heterocycles. The van der Waals surface area contributed by atoms with Gasteiger partial charge in [0.1, 0.15) is 5.82 Å². The van der Waals surface area contributed by atoms with Crippen LogP contribution in [0.25, 0.3) is 0 Å². The molecule has 2 saturated carbocycles. The van der Waals surface area contributed by atoms with E-state index in [1.165, 1.54) is 37.8 Å². The SMILES string of the molecule is O=C(CNCC(C1CC1)C1CC1)Nc1ccc(F)cc1. The Kier molecular flexibility index (Phi) is 4.01. The summed E-state index contributed by atoms with van der Waals surface area (Å²) in [5, 5.41) is 6.04. The molecule has 1 aromatic carbocycles. The van der Waals surface area contributed by atoms with E-state index >= 15 is 0 Å². The van der Waals surface area contributed by atoms with Crippen LogP contribution >= 0.6 is 0 Å². The van der Waals surface area contributed by atoms with Gasteiger partial charge in [-0.05, 0) is 74.2 Å². The van der Waals surface area contributed by atoms with Gasteiger partial charge >= 0.3 is 0 Å². The van der Waals surface area contributed by atoms with Gasteiger partial charge in [0, 0.05) is 5.69 Å². The number of hydrogen-bond donors (Lipinski definition) is 2. The zero-order chi connectivity index (χ0) is 13.9. The van der Waals surface area contributed by atoms with Crippen molar-refractivity contribution in [1.29, 1.82) is 0 Å². The summed E-state index contributed by atoms with van der Waals surface area (Å²) in [4.78, 5) is 11.8. The Morgan fingerprint density at radius 3 is 2.30 bits per heavy atom. The largest absolute Gasteiger partial charge is 0.325 e. The molecule has 2 N–H and O–H groups in total. The quantitative estimate of drug-likeness (QED) is 0.804. The molecular weight excluding hydrogens is 255 g/mol. The van der Waals surface area contributed by atoms with E-state index in [0.717, 1.165) is 24.3 Å². The number of nitrogens with one attached hydrogen (secondary N) is 2. The van der Waals surface area contributed by atoms with Gasteiger partial charge in [0.25, 0.3) is 0 Å². The Hall–Kier alpha value is -1.42. The molecule has 2 aliphatic rings. The van der Waals surface area contributed by atoms with Gasteiger partial charge in [-0.2, -0.15) is 0 Å². The maximum Gasteiger partial charge on any atom is 0.238 e. The molecule has 2 aliphatic carbocycles. The zero-order valence-electron chi connectivity index (χ0n) is 11.6. The maximum absolute atomic E-state index is 12.8. The number of rotatable bonds is 7. The van der Waals surface area contributed by atoms with Crippen LogP contribution in [0.1, 0.15) is 25.7 Å². The second kappa shape index (κ2) is 5.92. The second-order valence-corrected chi connectivity index (χ2v) is 6.02. The Morgan fingerprint density at radius 1 is 1.15 bits per heavy atom. The van der Waals surface area contributed by atoms with Crippen LogP contribution in [0.3, 0.4) is 0 Å². The van der Waals surface area contributed by atoms with E-state index in [1.807, 2.05) is 0 Å². The molecule has 0 radical (unpaired) electrons. The number of amides is 1. The fraction of sp³-hybridized carbons (Fsp3) is 0.562. The third-order valence-electron chi connectivity index (χ3n) is 4.25. The standard InChI is InChI=1S/C16H21FN2O/c17-13-5-7-14(8-6-13)19-16(20)10-18-9-15(11-1-2-11)12-3-4-12/h5-8,11-12,15,18H,1-4,9-10H2,(H,19,20). The Morgan fingerprint density at radius 2 is 1.75 bits per heavy atom. The normalized spacial score (nSPS) is 18.3. The molecule has 0 unspecified atom stereocenters. The Balaban J connectivity index is 1.39. The van der Waals surface area contributed by atoms with Crippen molar-refractivity contribution in [3.05, 3.63) is 30.1 Å². The van der Waals surface area contributed by atoms with Crippen LogP contribution < -0.4 is 10.6 Å². The van der Waals surface area contributed by atoms with Crippen LogP contribution in [0.2, 0.25) is 0 Å². The first-order chi connectivity index (χ1) is 9.72. The van der Waals surface area contributed by atoms with E-state index in [1.54, 1.807) is 12.1 Å². The predicted molar refractivity (Wildman–Crippen MR) is 76.8 cm³/mol. The van der Waals surface area contributed by atoms with Crippen molar-refractivity contribution in [2.45, 2.75) is 25.7 Å². The number of carbonyl (C=O) groups excluding carboxylic acids is 1. The highest BCUT2D eigenvalue weighted by molar-refractivity contribution is 5.92. The number of hydrogen-bond acceptors (Lipinski definition) is 2. The molecule has 108 valence electrons. The minimum atomic E-state index is -0.294. The minimum absolute atomic E-state index is 0.0676. The summed E-state index contributed by atoms with van der Waals surface area (Å²) < 4.78 is 12.8. The molecule has 0 heterocycles. The first kappa shape index (κ1) is 13.6. The van der Waals surface area contributed by atoms with Gasteiger partial charge in [0.05, 0.1) is 6.54 Å². The van der Waals surface area contributed by atoms with Crippen molar-refractivity contribution in [2.75, 3.05) is 18.4 Å². The van der Waals surface area contributed by atoms with Crippen LogP contribution in [0, 0.1) is 23.6 Å². The Bertz CT molecular complexity index is 454. The number of carbonyl (C=O) groups is 1. The summed E-state index contributed by atoms with van der Waals surface area (Å²) in [6, 6.07) is 5.84. The fourth-order valence-corrected chi connectivity index (χ4v) is 2.86. The number of anilines is 1. The molecule has 0 atom stereocenters. The number of halogens is 1. The predicted octanol–water partition coefficient (Wildman–Crippen LogP) is 2.79. The minimum Gasteiger partial charge on any atom is -0.325 e. The number of benzene rings is 1. The van der Waals surface area contributed by atoms with Crippen LogP contribution in [0.5, 0.6) is 0 Å². The molecular formula is C16H21FN2O. The van der Waals surface area contributed by atoms with Gasteiger partial charge in [0.2, 0.25) is 5.91 Å². The molecule has 0 aromatic heterocycles. The second-order valence-electron chi connectivity index (χ2n) is 6.02. The van der Waals surface area contributed by atoms with Crippen molar-refractivity contribution in [3.8, 4) is 0 Å². The molecule has 0 aliphatic heterocycles. The van der Waals surface area contributed by atoms with Crippen molar-refractivity contribution >= 4 is 11.6 Å². The summed E-state index contributed by atoms with van der Waals surface area (Å²) >= 11 is 0. The third-order valence-corrected chi connectivity index (χ3v) is 4.25. The molecule has 4 heteroatoms. The molecule has 2 fully saturated rings. The molecule has 3 rings (SSSR count). The van der Waals surface area contributed by atoms with E-state index in [0.29, 0.717) is 12.2 Å². The van der Waals surface area contributed by atoms with Gasteiger partial charge in [-0.1, -0.05) is 0 Å². The van der Waals surface area contributed by atoms with Gasteiger partial charge in [-0.15, -0.1) is 0 Å². The summed E-state index contributed by atoms with van der Waals surface area (Å²) in [5.74, 6) is 2.21. The zero-order valence-corrected chi connectivity index (χ0v) is 11.6.